The molecule has 2 fully saturated rings. The highest BCUT2D eigenvalue weighted by molar-refractivity contribution is 7.99. The van der Waals surface area contributed by atoms with Crippen molar-refractivity contribution in [2.45, 2.75) is 69.1 Å². The van der Waals surface area contributed by atoms with Crippen molar-refractivity contribution in [3.8, 4) is 6.07 Å². The lowest BCUT2D eigenvalue weighted by Crippen LogP contribution is -2.47. The van der Waals surface area contributed by atoms with Gasteiger partial charge in [-0.05, 0) is 44.8 Å². The minimum Gasteiger partial charge on any atom is -0.352 e. The molecular formula is C15H24N2OS. The molecule has 2 aliphatic rings. The normalized spacial score (nSPS) is 30.3. The highest BCUT2D eigenvalue weighted by Gasteiger charge is 2.40. The quantitative estimate of drug-likeness (QED) is 0.863. The Morgan fingerprint density at radius 3 is 2.37 bits per heavy atom. The molecule has 0 aliphatic heterocycles. The first-order chi connectivity index (χ1) is 9.20. The third-order valence-electron chi connectivity index (χ3n) is 4.70. The van der Waals surface area contributed by atoms with Crippen LogP contribution in [-0.4, -0.2) is 23.5 Å². The van der Waals surface area contributed by atoms with Gasteiger partial charge in [0.1, 0.15) is 5.41 Å². The summed E-state index contributed by atoms with van der Waals surface area (Å²) < 4.78 is 0. The molecule has 0 radical (unpaired) electrons. The van der Waals surface area contributed by atoms with Gasteiger partial charge in [-0.1, -0.05) is 19.3 Å². The number of nitriles is 1. The van der Waals surface area contributed by atoms with Crippen molar-refractivity contribution in [3.63, 3.8) is 0 Å². The van der Waals surface area contributed by atoms with Crippen molar-refractivity contribution in [2.75, 3.05) is 6.26 Å². The Balaban J connectivity index is 1.88. The Bertz CT molecular complexity index is 350. The fourth-order valence-electron chi connectivity index (χ4n) is 3.31. The molecule has 0 aromatic carbocycles. The molecule has 0 unspecified atom stereocenters. The van der Waals surface area contributed by atoms with Gasteiger partial charge >= 0.3 is 0 Å². The minimum absolute atomic E-state index is 0.00213. The molecule has 0 aromatic rings. The average Bonchev–Trinajstić information content (AvgIpc) is 2.48. The van der Waals surface area contributed by atoms with Crippen LogP contribution in [0.25, 0.3) is 0 Å². The SMILES string of the molecule is CSC1CCC(NC(=O)C2(C#N)CCCCC2)CC1. The third-order valence-corrected chi connectivity index (χ3v) is 5.84. The second-order valence-electron chi connectivity index (χ2n) is 5.94. The Hall–Kier alpha value is -0.690. The van der Waals surface area contributed by atoms with E-state index in [0.717, 1.165) is 50.2 Å². The van der Waals surface area contributed by atoms with Crippen molar-refractivity contribution in [2.24, 2.45) is 5.41 Å². The van der Waals surface area contributed by atoms with Crippen LogP contribution in [0.2, 0.25) is 0 Å². The number of amides is 1. The van der Waals surface area contributed by atoms with Gasteiger partial charge < -0.3 is 5.32 Å². The van der Waals surface area contributed by atoms with Crippen LogP contribution in [-0.2, 0) is 4.79 Å². The summed E-state index contributed by atoms with van der Waals surface area (Å²) in [5.74, 6) is 0.00213. The zero-order valence-electron chi connectivity index (χ0n) is 11.8. The Morgan fingerprint density at radius 2 is 1.84 bits per heavy atom. The minimum atomic E-state index is -0.728. The van der Waals surface area contributed by atoms with E-state index in [0.29, 0.717) is 6.04 Å². The van der Waals surface area contributed by atoms with E-state index in [4.69, 9.17) is 0 Å². The Kier molecular flexibility index (Phi) is 5.15. The molecule has 4 heteroatoms. The lowest BCUT2D eigenvalue weighted by atomic mass is 9.74. The van der Waals surface area contributed by atoms with Crippen LogP contribution in [0.1, 0.15) is 57.8 Å². The first kappa shape index (κ1) is 14.7. The van der Waals surface area contributed by atoms with Crippen molar-refractivity contribution in [1.29, 1.82) is 5.26 Å². The third kappa shape index (κ3) is 3.45. The number of carbonyl (C=O) groups is 1. The van der Waals surface area contributed by atoms with Gasteiger partial charge in [-0.2, -0.15) is 17.0 Å². The molecule has 1 amide bonds. The largest absolute Gasteiger partial charge is 0.352 e. The van der Waals surface area contributed by atoms with Gasteiger partial charge in [-0.3, -0.25) is 4.79 Å². The molecule has 0 heterocycles. The molecule has 0 atom stereocenters. The van der Waals surface area contributed by atoms with Gasteiger partial charge in [0.15, 0.2) is 0 Å². The topological polar surface area (TPSA) is 52.9 Å². The molecule has 0 bridgehead atoms. The molecule has 0 aromatic heterocycles. The maximum Gasteiger partial charge on any atom is 0.240 e. The van der Waals surface area contributed by atoms with E-state index in [2.05, 4.69) is 17.6 Å². The maximum absolute atomic E-state index is 12.4. The second kappa shape index (κ2) is 6.65. The van der Waals surface area contributed by atoms with Gasteiger partial charge in [0.25, 0.3) is 0 Å². The van der Waals surface area contributed by atoms with Gasteiger partial charge in [-0.15, -0.1) is 0 Å². The van der Waals surface area contributed by atoms with Crippen LogP contribution in [0.15, 0.2) is 0 Å². The number of rotatable bonds is 3. The van der Waals surface area contributed by atoms with Gasteiger partial charge in [0.2, 0.25) is 5.91 Å². The summed E-state index contributed by atoms with van der Waals surface area (Å²) in [6.45, 7) is 0. The Labute approximate surface area is 120 Å². The monoisotopic (exact) mass is 280 g/mol. The first-order valence-corrected chi connectivity index (χ1v) is 8.74. The molecule has 19 heavy (non-hydrogen) atoms. The molecule has 2 rings (SSSR count). The van der Waals surface area contributed by atoms with Crippen molar-refractivity contribution in [3.05, 3.63) is 0 Å². The lowest BCUT2D eigenvalue weighted by molar-refractivity contribution is -0.130. The number of carbonyl (C=O) groups excluding carboxylic acids is 1. The highest BCUT2D eigenvalue weighted by Crippen LogP contribution is 2.36. The molecule has 1 N–H and O–H groups in total. The van der Waals surface area contributed by atoms with E-state index in [-0.39, 0.29) is 5.91 Å². The van der Waals surface area contributed by atoms with E-state index in [1.54, 1.807) is 0 Å². The van der Waals surface area contributed by atoms with Crippen molar-refractivity contribution in [1.82, 2.24) is 5.32 Å². The molecular weight excluding hydrogens is 256 g/mol. The average molecular weight is 280 g/mol. The van der Waals surface area contributed by atoms with E-state index in [9.17, 15) is 10.1 Å². The van der Waals surface area contributed by atoms with Crippen molar-refractivity contribution < 1.29 is 4.79 Å². The van der Waals surface area contributed by atoms with Crippen LogP contribution in [0.5, 0.6) is 0 Å². The summed E-state index contributed by atoms with van der Waals surface area (Å²) in [6, 6.07) is 2.61. The molecule has 0 spiro atoms. The summed E-state index contributed by atoms with van der Waals surface area (Å²) in [6.07, 6.45) is 11.4. The molecule has 0 saturated heterocycles. The summed E-state index contributed by atoms with van der Waals surface area (Å²) in [5, 5.41) is 13.3. The number of hydrogen-bond acceptors (Lipinski definition) is 3. The van der Waals surface area contributed by atoms with Crippen LogP contribution in [0, 0.1) is 16.7 Å². The van der Waals surface area contributed by atoms with E-state index >= 15 is 0 Å². The molecule has 106 valence electrons. The van der Waals surface area contributed by atoms with Crippen LogP contribution >= 0.6 is 11.8 Å². The zero-order chi connectivity index (χ0) is 13.7. The van der Waals surface area contributed by atoms with Gasteiger partial charge in [0, 0.05) is 11.3 Å². The number of nitrogens with zero attached hydrogens (tertiary/aromatic N) is 1. The predicted octanol–water partition coefficient (Wildman–Crippen LogP) is 3.25. The smallest absolute Gasteiger partial charge is 0.240 e. The summed E-state index contributed by atoms with van der Waals surface area (Å²) in [4.78, 5) is 12.4. The standard InChI is InChI=1S/C15H24N2OS/c1-19-13-7-5-12(6-8-13)17-14(18)15(11-16)9-3-2-4-10-15/h12-13H,2-10H2,1H3,(H,17,18). The fourth-order valence-corrected chi connectivity index (χ4v) is 4.05. The van der Waals surface area contributed by atoms with Crippen LogP contribution in [0.4, 0.5) is 0 Å². The molecule has 3 nitrogen and oxygen atoms in total. The van der Waals surface area contributed by atoms with Crippen LogP contribution < -0.4 is 5.32 Å². The van der Waals surface area contributed by atoms with E-state index in [1.807, 2.05) is 11.8 Å². The van der Waals surface area contributed by atoms with Gasteiger partial charge in [0.05, 0.1) is 6.07 Å². The fraction of sp³-hybridized carbons (Fsp3) is 0.867. The second-order valence-corrected chi connectivity index (χ2v) is 7.08. The summed E-state index contributed by atoms with van der Waals surface area (Å²) in [7, 11) is 0. The first-order valence-electron chi connectivity index (χ1n) is 7.45. The molecule has 2 saturated carbocycles. The molecule has 2 aliphatic carbocycles. The van der Waals surface area contributed by atoms with E-state index in [1.165, 1.54) is 12.8 Å². The maximum atomic E-state index is 12.4. The van der Waals surface area contributed by atoms with Gasteiger partial charge in [-0.25, -0.2) is 0 Å². The highest BCUT2D eigenvalue weighted by atomic mass is 32.2. The number of thioether (sulfide) groups is 1. The van der Waals surface area contributed by atoms with Crippen molar-refractivity contribution >= 4 is 17.7 Å². The van der Waals surface area contributed by atoms with E-state index < -0.39 is 5.41 Å². The zero-order valence-corrected chi connectivity index (χ0v) is 12.6. The summed E-state index contributed by atoms with van der Waals surface area (Å²) >= 11 is 1.93. The van der Waals surface area contributed by atoms with Crippen LogP contribution in [0.3, 0.4) is 0 Å². The number of hydrogen-bond donors (Lipinski definition) is 1. The summed E-state index contributed by atoms with van der Waals surface area (Å²) in [5.41, 5.74) is -0.728. The lowest BCUT2D eigenvalue weighted by Gasteiger charge is -2.33. The Morgan fingerprint density at radius 1 is 1.21 bits per heavy atom. The predicted molar refractivity (Wildman–Crippen MR) is 78.8 cm³/mol. The number of nitrogens with one attached hydrogen (secondary N) is 1.